The summed E-state index contributed by atoms with van der Waals surface area (Å²) in [6, 6.07) is 5.37. The van der Waals surface area contributed by atoms with Crippen LogP contribution >= 0.6 is 0 Å². The number of pyridine rings is 1. The Labute approximate surface area is 74.9 Å². The second-order valence-electron chi connectivity index (χ2n) is 2.54. The summed E-state index contributed by atoms with van der Waals surface area (Å²) in [6.45, 7) is -0.0675. The van der Waals surface area contributed by atoms with Crippen LogP contribution in [0.15, 0.2) is 35.2 Å². The van der Waals surface area contributed by atoms with Crippen LogP contribution in [-0.4, -0.2) is 15.1 Å². The third-order valence-electron chi connectivity index (χ3n) is 1.65. The largest absolute Gasteiger partial charge is 0.442 e. The fourth-order valence-electron chi connectivity index (χ4n) is 1.05. The second-order valence-corrected chi connectivity index (χ2v) is 2.54. The number of hydrogen-bond donors (Lipinski definition) is 1. The van der Waals surface area contributed by atoms with Crippen LogP contribution in [-0.2, 0) is 6.61 Å². The minimum atomic E-state index is -0.0675. The zero-order chi connectivity index (χ0) is 9.10. The van der Waals surface area contributed by atoms with E-state index in [1.54, 1.807) is 18.3 Å². The first kappa shape index (κ1) is 7.94. The van der Waals surface area contributed by atoms with Crippen LogP contribution in [0.3, 0.4) is 0 Å². The van der Waals surface area contributed by atoms with Gasteiger partial charge in [-0.15, -0.1) is 0 Å². The molecule has 0 unspecified atom stereocenters. The van der Waals surface area contributed by atoms with Gasteiger partial charge in [0.2, 0.25) is 0 Å². The third kappa shape index (κ3) is 1.57. The van der Waals surface area contributed by atoms with Gasteiger partial charge in [-0.25, -0.2) is 9.97 Å². The summed E-state index contributed by atoms with van der Waals surface area (Å²) in [4.78, 5) is 7.93. The molecule has 0 aliphatic carbocycles. The molecule has 0 fully saturated rings. The average molecular weight is 176 g/mol. The molecule has 2 rings (SSSR count). The van der Waals surface area contributed by atoms with Crippen LogP contribution in [0.1, 0.15) is 5.69 Å². The summed E-state index contributed by atoms with van der Waals surface area (Å²) in [5.41, 5.74) is 1.30. The highest BCUT2D eigenvalue weighted by Gasteiger charge is 2.02. The number of nitrogens with zero attached hydrogens (tertiary/aromatic N) is 2. The molecule has 0 saturated heterocycles. The Bertz CT molecular complexity index is 384. The number of oxazole rings is 1. The summed E-state index contributed by atoms with van der Waals surface area (Å²) in [5, 5.41) is 8.85. The van der Waals surface area contributed by atoms with E-state index in [0.717, 1.165) is 0 Å². The molecule has 66 valence electrons. The van der Waals surface area contributed by atoms with Crippen molar-refractivity contribution in [1.29, 1.82) is 0 Å². The van der Waals surface area contributed by atoms with Crippen molar-refractivity contribution in [2.75, 3.05) is 0 Å². The average Bonchev–Trinajstić information content (AvgIpc) is 2.71. The molecule has 2 heterocycles. The second kappa shape index (κ2) is 3.37. The maximum absolute atomic E-state index is 8.85. The minimum absolute atomic E-state index is 0.0675. The van der Waals surface area contributed by atoms with Crippen LogP contribution in [0.5, 0.6) is 0 Å². The van der Waals surface area contributed by atoms with Gasteiger partial charge in [-0.3, -0.25) is 0 Å². The quantitative estimate of drug-likeness (QED) is 0.747. The Morgan fingerprint density at radius 1 is 1.38 bits per heavy atom. The van der Waals surface area contributed by atoms with E-state index in [0.29, 0.717) is 17.1 Å². The molecule has 0 radical (unpaired) electrons. The highest BCUT2D eigenvalue weighted by molar-refractivity contribution is 5.50. The van der Waals surface area contributed by atoms with Gasteiger partial charge in [0.25, 0.3) is 0 Å². The van der Waals surface area contributed by atoms with Gasteiger partial charge in [0.15, 0.2) is 12.2 Å². The summed E-state index contributed by atoms with van der Waals surface area (Å²) >= 11 is 0. The Morgan fingerprint density at radius 3 is 3.00 bits per heavy atom. The minimum Gasteiger partial charge on any atom is -0.442 e. The van der Waals surface area contributed by atoms with Crippen LogP contribution in [0.25, 0.3) is 11.5 Å². The molecule has 0 atom stereocenters. The fraction of sp³-hybridized carbons (Fsp3) is 0.111. The molecule has 0 spiro atoms. The van der Waals surface area contributed by atoms with Crippen molar-refractivity contribution in [3.05, 3.63) is 36.5 Å². The van der Waals surface area contributed by atoms with Gasteiger partial charge in [-0.2, -0.15) is 0 Å². The lowest BCUT2D eigenvalue weighted by atomic mass is 10.3. The monoisotopic (exact) mass is 176 g/mol. The molecular weight excluding hydrogens is 168 g/mol. The predicted molar refractivity (Wildman–Crippen MR) is 45.7 cm³/mol. The summed E-state index contributed by atoms with van der Waals surface area (Å²) in [7, 11) is 0. The van der Waals surface area contributed by atoms with E-state index in [1.165, 1.54) is 6.39 Å². The van der Waals surface area contributed by atoms with Crippen molar-refractivity contribution in [3.8, 4) is 11.5 Å². The molecule has 13 heavy (non-hydrogen) atoms. The zero-order valence-corrected chi connectivity index (χ0v) is 6.84. The Hall–Kier alpha value is -1.68. The van der Waals surface area contributed by atoms with Gasteiger partial charge in [0.1, 0.15) is 5.69 Å². The van der Waals surface area contributed by atoms with Gasteiger partial charge >= 0.3 is 0 Å². The lowest BCUT2D eigenvalue weighted by Crippen LogP contribution is -1.89. The van der Waals surface area contributed by atoms with Crippen molar-refractivity contribution in [2.45, 2.75) is 6.61 Å². The van der Waals surface area contributed by atoms with E-state index in [9.17, 15) is 0 Å². The molecule has 0 aromatic carbocycles. The van der Waals surface area contributed by atoms with Gasteiger partial charge < -0.3 is 9.52 Å². The Kier molecular flexibility index (Phi) is 2.06. The van der Waals surface area contributed by atoms with Crippen molar-refractivity contribution in [3.63, 3.8) is 0 Å². The van der Waals surface area contributed by atoms with Crippen molar-refractivity contribution >= 4 is 0 Å². The topological polar surface area (TPSA) is 59.2 Å². The van der Waals surface area contributed by atoms with Crippen LogP contribution in [0.4, 0.5) is 0 Å². The molecule has 0 bridgehead atoms. The number of aliphatic hydroxyl groups excluding tert-OH is 1. The third-order valence-corrected chi connectivity index (χ3v) is 1.65. The van der Waals surface area contributed by atoms with Crippen molar-refractivity contribution < 1.29 is 9.52 Å². The zero-order valence-electron chi connectivity index (χ0n) is 6.84. The number of aliphatic hydroxyl groups is 1. The summed E-state index contributed by atoms with van der Waals surface area (Å²) in [6.07, 6.45) is 2.94. The molecule has 4 nitrogen and oxygen atoms in total. The van der Waals surface area contributed by atoms with Gasteiger partial charge in [-0.05, 0) is 12.1 Å². The maximum atomic E-state index is 8.85. The lowest BCUT2D eigenvalue weighted by Gasteiger charge is -1.97. The number of rotatable bonds is 2. The molecule has 4 heteroatoms. The maximum Gasteiger partial charge on any atom is 0.181 e. The van der Waals surface area contributed by atoms with Gasteiger partial charge in [0.05, 0.1) is 18.5 Å². The molecule has 2 aromatic rings. The highest BCUT2D eigenvalue weighted by atomic mass is 16.3. The molecule has 0 amide bonds. The lowest BCUT2D eigenvalue weighted by molar-refractivity contribution is 0.277. The van der Waals surface area contributed by atoms with E-state index in [4.69, 9.17) is 9.52 Å². The molecule has 0 aliphatic rings. The smallest absolute Gasteiger partial charge is 0.181 e. The Balaban J connectivity index is 2.41. The molecule has 2 aromatic heterocycles. The van der Waals surface area contributed by atoms with Crippen LogP contribution in [0.2, 0.25) is 0 Å². The normalized spacial score (nSPS) is 10.2. The summed E-state index contributed by atoms with van der Waals surface area (Å²) in [5.74, 6) is 0.607. The predicted octanol–water partition coefficient (Wildman–Crippen LogP) is 1.23. The Morgan fingerprint density at radius 2 is 2.31 bits per heavy atom. The molecule has 1 N–H and O–H groups in total. The van der Waals surface area contributed by atoms with Crippen LogP contribution < -0.4 is 0 Å². The summed E-state index contributed by atoms with van der Waals surface area (Å²) < 4.78 is 5.06. The molecule has 0 saturated carbocycles. The standard InChI is InChI=1S/C9H8N2O2/c12-5-7-2-1-3-8(11-7)9-4-10-6-13-9/h1-4,6,12H,5H2. The van der Waals surface area contributed by atoms with E-state index >= 15 is 0 Å². The van der Waals surface area contributed by atoms with Crippen molar-refractivity contribution in [2.24, 2.45) is 0 Å². The van der Waals surface area contributed by atoms with E-state index in [2.05, 4.69) is 9.97 Å². The van der Waals surface area contributed by atoms with E-state index in [1.807, 2.05) is 6.07 Å². The van der Waals surface area contributed by atoms with Gasteiger partial charge in [0, 0.05) is 0 Å². The highest BCUT2D eigenvalue weighted by Crippen LogP contribution is 2.15. The van der Waals surface area contributed by atoms with Crippen molar-refractivity contribution in [1.82, 2.24) is 9.97 Å². The van der Waals surface area contributed by atoms with E-state index < -0.39 is 0 Å². The SMILES string of the molecule is OCc1cccc(-c2cnco2)n1. The number of aromatic nitrogens is 2. The first-order valence-electron chi connectivity index (χ1n) is 3.86. The van der Waals surface area contributed by atoms with Crippen LogP contribution in [0, 0.1) is 0 Å². The first-order chi connectivity index (χ1) is 6.40. The van der Waals surface area contributed by atoms with E-state index in [-0.39, 0.29) is 6.61 Å². The van der Waals surface area contributed by atoms with Gasteiger partial charge in [-0.1, -0.05) is 6.07 Å². The molecule has 0 aliphatic heterocycles. The fourth-order valence-corrected chi connectivity index (χ4v) is 1.05. The molecular formula is C9H8N2O2. The first-order valence-corrected chi connectivity index (χ1v) is 3.86. The number of hydrogen-bond acceptors (Lipinski definition) is 4.